The Kier molecular flexibility index (Phi) is 4.29. The van der Waals surface area contributed by atoms with Crippen molar-refractivity contribution in [1.82, 2.24) is 0 Å². The summed E-state index contributed by atoms with van der Waals surface area (Å²) in [6, 6.07) is 10.6. The number of anilines is 2. The van der Waals surface area contributed by atoms with Gasteiger partial charge in [0.2, 0.25) is 0 Å². The average Bonchev–Trinajstić information content (AvgIpc) is 2.43. The second-order valence-corrected chi connectivity index (χ2v) is 5.14. The fourth-order valence-corrected chi connectivity index (χ4v) is 2.20. The van der Waals surface area contributed by atoms with Crippen molar-refractivity contribution in [3.8, 4) is 5.75 Å². The minimum atomic E-state index is -0.263. The third-order valence-corrected chi connectivity index (χ3v) is 3.96. The second kappa shape index (κ2) is 5.96. The molecule has 2 aromatic carbocycles. The van der Waals surface area contributed by atoms with E-state index < -0.39 is 0 Å². The molecule has 0 radical (unpaired) electrons. The lowest BCUT2D eigenvalue weighted by Crippen LogP contribution is -2.14. The van der Waals surface area contributed by atoms with Crippen LogP contribution in [0.3, 0.4) is 0 Å². The van der Waals surface area contributed by atoms with E-state index in [2.05, 4.69) is 21.2 Å². The van der Waals surface area contributed by atoms with Crippen LogP contribution in [0.15, 0.2) is 40.9 Å². The Morgan fingerprint density at radius 3 is 2.75 bits per heavy atom. The van der Waals surface area contributed by atoms with Crippen LogP contribution in [-0.4, -0.2) is 13.0 Å². The monoisotopic (exact) mass is 334 g/mol. The summed E-state index contributed by atoms with van der Waals surface area (Å²) in [5.74, 6) is 0.223. The number of hydrogen-bond acceptors (Lipinski definition) is 3. The smallest absolute Gasteiger partial charge is 0.259 e. The summed E-state index contributed by atoms with van der Waals surface area (Å²) in [7, 11) is 1.52. The SMILES string of the molecule is COc1ccc(N)cc1C(=O)Nc1cccc(C)c1Br. The molecule has 0 aliphatic carbocycles. The Balaban J connectivity index is 2.33. The maximum atomic E-state index is 12.3. The standard InChI is InChI=1S/C15H15BrN2O2/c1-9-4-3-5-12(14(9)16)18-15(19)11-8-10(17)6-7-13(11)20-2/h3-8H,17H2,1-2H3,(H,18,19). The fraction of sp³-hybridized carbons (Fsp3) is 0.133. The van der Waals surface area contributed by atoms with Gasteiger partial charge in [0.05, 0.1) is 18.4 Å². The van der Waals surface area contributed by atoms with Crippen LogP contribution in [0.4, 0.5) is 11.4 Å². The van der Waals surface area contributed by atoms with Crippen molar-refractivity contribution < 1.29 is 9.53 Å². The first-order chi connectivity index (χ1) is 9.52. The highest BCUT2D eigenvalue weighted by Gasteiger charge is 2.14. The molecule has 0 atom stereocenters. The quantitative estimate of drug-likeness (QED) is 0.843. The van der Waals surface area contributed by atoms with Gasteiger partial charge in [0, 0.05) is 10.2 Å². The molecule has 0 bridgehead atoms. The predicted molar refractivity (Wildman–Crippen MR) is 84.2 cm³/mol. The second-order valence-electron chi connectivity index (χ2n) is 4.35. The minimum Gasteiger partial charge on any atom is -0.496 e. The van der Waals surface area contributed by atoms with E-state index in [0.717, 1.165) is 10.0 Å². The Morgan fingerprint density at radius 1 is 1.30 bits per heavy atom. The number of nitrogens with one attached hydrogen (secondary N) is 1. The predicted octanol–water partition coefficient (Wildman–Crippen LogP) is 3.60. The minimum absolute atomic E-state index is 0.263. The number of hydrogen-bond donors (Lipinski definition) is 2. The van der Waals surface area contributed by atoms with E-state index in [4.69, 9.17) is 10.5 Å². The van der Waals surface area contributed by atoms with Crippen LogP contribution in [0.2, 0.25) is 0 Å². The van der Waals surface area contributed by atoms with Gasteiger partial charge >= 0.3 is 0 Å². The number of ether oxygens (including phenoxy) is 1. The van der Waals surface area contributed by atoms with Gasteiger partial charge in [-0.05, 0) is 52.7 Å². The summed E-state index contributed by atoms with van der Waals surface area (Å²) in [6.07, 6.45) is 0. The zero-order valence-corrected chi connectivity index (χ0v) is 12.8. The Hall–Kier alpha value is -2.01. The number of nitrogen functional groups attached to an aromatic ring is 1. The number of halogens is 1. The van der Waals surface area contributed by atoms with Crippen LogP contribution >= 0.6 is 15.9 Å². The van der Waals surface area contributed by atoms with Crippen LogP contribution < -0.4 is 15.8 Å². The largest absolute Gasteiger partial charge is 0.496 e. The lowest BCUT2D eigenvalue weighted by molar-refractivity contribution is 0.102. The highest BCUT2D eigenvalue weighted by molar-refractivity contribution is 9.10. The van der Waals surface area contributed by atoms with Crippen molar-refractivity contribution in [1.29, 1.82) is 0 Å². The number of nitrogens with two attached hydrogens (primary N) is 1. The van der Waals surface area contributed by atoms with Crippen molar-refractivity contribution >= 4 is 33.2 Å². The topological polar surface area (TPSA) is 64.3 Å². The molecule has 0 spiro atoms. The van der Waals surface area contributed by atoms with Gasteiger partial charge in [-0.15, -0.1) is 0 Å². The molecule has 4 nitrogen and oxygen atoms in total. The summed E-state index contributed by atoms with van der Waals surface area (Å²) in [5, 5.41) is 2.85. The molecule has 2 rings (SSSR count). The Bertz CT molecular complexity index is 656. The third-order valence-electron chi connectivity index (χ3n) is 2.91. The third kappa shape index (κ3) is 2.93. The summed E-state index contributed by atoms with van der Waals surface area (Å²) < 4.78 is 6.04. The van der Waals surface area contributed by atoms with Crippen molar-refractivity contribution in [2.75, 3.05) is 18.2 Å². The first-order valence-electron chi connectivity index (χ1n) is 6.03. The lowest BCUT2D eigenvalue weighted by atomic mass is 10.1. The first-order valence-corrected chi connectivity index (χ1v) is 6.82. The maximum Gasteiger partial charge on any atom is 0.259 e. The highest BCUT2D eigenvalue weighted by atomic mass is 79.9. The summed E-state index contributed by atoms with van der Waals surface area (Å²) >= 11 is 3.46. The molecular formula is C15H15BrN2O2. The van der Waals surface area contributed by atoms with E-state index in [1.807, 2.05) is 25.1 Å². The van der Waals surface area contributed by atoms with E-state index in [-0.39, 0.29) is 5.91 Å². The van der Waals surface area contributed by atoms with E-state index in [9.17, 15) is 4.79 Å². The van der Waals surface area contributed by atoms with Crippen LogP contribution in [-0.2, 0) is 0 Å². The molecule has 2 aromatic rings. The van der Waals surface area contributed by atoms with E-state index in [0.29, 0.717) is 22.7 Å². The number of carbonyl (C=O) groups is 1. The normalized spacial score (nSPS) is 10.2. The van der Waals surface area contributed by atoms with Gasteiger partial charge in [-0.2, -0.15) is 0 Å². The molecule has 1 amide bonds. The van der Waals surface area contributed by atoms with Gasteiger partial charge in [0.25, 0.3) is 5.91 Å². The molecular weight excluding hydrogens is 320 g/mol. The maximum absolute atomic E-state index is 12.3. The number of benzene rings is 2. The van der Waals surface area contributed by atoms with Gasteiger partial charge < -0.3 is 15.8 Å². The highest BCUT2D eigenvalue weighted by Crippen LogP contribution is 2.28. The summed E-state index contributed by atoms with van der Waals surface area (Å²) in [4.78, 5) is 12.3. The lowest BCUT2D eigenvalue weighted by Gasteiger charge is -2.12. The van der Waals surface area contributed by atoms with Crippen molar-refractivity contribution in [2.45, 2.75) is 6.92 Å². The van der Waals surface area contributed by atoms with Gasteiger partial charge in [0.1, 0.15) is 5.75 Å². The number of amides is 1. The molecule has 0 aromatic heterocycles. The zero-order valence-electron chi connectivity index (χ0n) is 11.2. The Morgan fingerprint density at radius 2 is 2.05 bits per heavy atom. The van der Waals surface area contributed by atoms with Crippen LogP contribution in [0.25, 0.3) is 0 Å². The van der Waals surface area contributed by atoms with E-state index in [1.54, 1.807) is 18.2 Å². The van der Waals surface area contributed by atoms with Crippen molar-refractivity contribution in [3.63, 3.8) is 0 Å². The molecule has 0 aliphatic rings. The average molecular weight is 335 g/mol. The molecule has 0 aliphatic heterocycles. The molecule has 0 heterocycles. The molecule has 0 fully saturated rings. The van der Waals surface area contributed by atoms with Gasteiger partial charge in [-0.1, -0.05) is 12.1 Å². The summed E-state index contributed by atoms with van der Waals surface area (Å²) in [5.41, 5.74) is 8.39. The zero-order chi connectivity index (χ0) is 14.7. The molecule has 104 valence electrons. The fourth-order valence-electron chi connectivity index (χ4n) is 1.84. The number of carbonyl (C=O) groups excluding carboxylic acids is 1. The van der Waals surface area contributed by atoms with E-state index in [1.165, 1.54) is 7.11 Å². The van der Waals surface area contributed by atoms with E-state index >= 15 is 0 Å². The molecule has 0 saturated carbocycles. The number of methoxy groups -OCH3 is 1. The van der Waals surface area contributed by atoms with Gasteiger partial charge in [-0.3, -0.25) is 4.79 Å². The Labute approximate surface area is 126 Å². The molecule has 20 heavy (non-hydrogen) atoms. The van der Waals surface area contributed by atoms with Crippen LogP contribution in [0.1, 0.15) is 15.9 Å². The van der Waals surface area contributed by atoms with Gasteiger partial charge in [-0.25, -0.2) is 0 Å². The van der Waals surface area contributed by atoms with Crippen LogP contribution in [0, 0.1) is 6.92 Å². The van der Waals surface area contributed by atoms with Crippen LogP contribution in [0.5, 0.6) is 5.75 Å². The van der Waals surface area contributed by atoms with Crippen molar-refractivity contribution in [2.24, 2.45) is 0 Å². The molecule has 3 N–H and O–H groups in total. The van der Waals surface area contributed by atoms with Crippen molar-refractivity contribution in [3.05, 3.63) is 52.0 Å². The first kappa shape index (κ1) is 14.4. The molecule has 0 unspecified atom stereocenters. The number of aryl methyl sites for hydroxylation is 1. The summed E-state index contributed by atoms with van der Waals surface area (Å²) in [6.45, 7) is 1.96. The molecule has 0 saturated heterocycles. The molecule has 5 heteroatoms. The van der Waals surface area contributed by atoms with Gasteiger partial charge in [0.15, 0.2) is 0 Å². The number of rotatable bonds is 3.